The van der Waals surface area contributed by atoms with Crippen molar-refractivity contribution < 1.29 is 23.8 Å². The summed E-state index contributed by atoms with van der Waals surface area (Å²) in [5.41, 5.74) is -0.458. The van der Waals surface area contributed by atoms with Gasteiger partial charge in [-0.1, -0.05) is 6.08 Å². The molecule has 25 heavy (non-hydrogen) atoms. The van der Waals surface area contributed by atoms with Crippen molar-refractivity contribution in [3.8, 4) is 5.75 Å². The number of ether oxygens (including phenoxy) is 2. The van der Waals surface area contributed by atoms with Crippen molar-refractivity contribution in [2.45, 2.75) is 45.5 Å². The minimum absolute atomic E-state index is 0.284. The Kier molecular flexibility index (Phi) is 4.16. The van der Waals surface area contributed by atoms with Gasteiger partial charge >= 0.3 is 11.6 Å². The molecular formula is C19H20O6. The van der Waals surface area contributed by atoms with Gasteiger partial charge in [0.2, 0.25) is 0 Å². The average molecular weight is 344 g/mol. The largest absolute Gasteiger partial charge is 0.483 e. The second-order valence-corrected chi connectivity index (χ2v) is 6.60. The molecule has 132 valence electrons. The maximum Gasteiger partial charge on any atom is 0.336 e. The van der Waals surface area contributed by atoms with Gasteiger partial charge in [-0.05, 0) is 45.9 Å². The van der Waals surface area contributed by atoms with Gasteiger partial charge in [0.15, 0.2) is 6.10 Å². The van der Waals surface area contributed by atoms with Crippen LogP contribution in [0.2, 0.25) is 0 Å². The fourth-order valence-electron chi connectivity index (χ4n) is 2.89. The lowest BCUT2D eigenvalue weighted by atomic mass is 9.93. The van der Waals surface area contributed by atoms with E-state index in [-0.39, 0.29) is 5.58 Å². The van der Waals surface area contributed by atoms with Gasteiger partial charge in [-0.25, -0.2) is 9.59 Å². The van der Waals surface area contributed by atoms with Gasteiger partial charge in [0, 0.05) is 17.0 Å². The summed E-state index contributed by atoms with van der Waals surface area (Å²) in [5.74, 6) is -0.0677. The zero-order chi connectivity index (χ0) is 18.4. The zero-order valence-corrected chi connectivity index (χ0v) is 14.5. The van der Waals surface area contributed by atoms with E-state index in [4.69, 9.17) is 13.9 Å². The SMILES string of the molecule is C/C=C(\C)C(=O)OC(C)(C)C1Oc2ccc3ccc(=O)oc3c2C1O. The van der Waals surface area contributed by atoms with E-state index in [1.54, 1.807) is 52.0 Å². The predicted octanol–water partition coefficient (Wildman–Crippen LogP) is 2.88. The molecular weight excluding hydrogens is 324 g/mol. The molecule has 0 fully saturated rings. The van der Waals surface area contributed by atoms with E-state index in [1.807, 2.05) is 0 Å². The van der Waals surface area contributed by atoms with Gasteiger partial charge in [-0.3, -0.25) is 0 Å². The Bertz CT molecular complexity index is 921. The maximum atomic E-state index is 12.1. The van der Waals surface area contributed by atoms with Crippen LogP contribution in [0.25, 0.3) is 11.0 Å². The number of esters is 1. The fourth-order valence-corrected chi connectivity index (χ4v) is 2.89. The summed E-state index contributed by atoms with van der Waals surface area (Å²) in [6.45, 7) is 6.74. The standard InChI is InChI=1S/C19H20O6/c1-5-10(2)18(22)25-19(3,4)17-15(21)14-12(23-17)8-6-11-7-9-13(20)24-16(11)14/h5-9,15,17,21H,1-4H3/b10-5+. The highest BCUT2D eigenvalue weighted by molar-refractivity contribution is 5.88. The summed E-state index contributed by atoms with van der Waals surface area (Å²) in [6.07, 6.45) is -0.272. The summed E-state index contributed by atoms with van der Waals surface area (Å²) in [6, 6.07) is 6.40. The number of carbonyl (C=O) groups excluding carboxylic acids is 1. The Morgan fingerprint density at radius 1 is 1.28 bits per heavy atom. The number of aliphatic hydroxyl groups excluding tert-OH is 1. The van der Waals surface area contributed by atoms with Crippen molar-refractivity contribution in [2.24, 2.45) is 0 Å². The molecule has 0 saturated heterocycles. The van der Waals surface area contributed by atoms with Crippen LogP contribution in [0.15, 0.2) is 45.1 Å². The van der Waals surface area contributed by atoms with Crippen LogP contribution in [0.5, 0.6) is 5.75 Å². The first-order valence-electron chi connectivity index (χ1n) is 8.02. The number of benzene rings is 1. The summed E-state index contributed by atoms with van der Waals surface area (Å²) in [7, 11) is 0. The van der Waals surface area contributed by atoms with Crippen LogP contribution < -0.4 is 10.4 Å². The molecule has 1 N–H and O–H groups in total. The lowest BCUT2D eigenvalue weighted by Gasteiger charge is -2.32. The Morgan fingerprint density at radius 3 is 2.64 bits per heavy atom. The van der Waals surface area contributed by atoms with Crippen LogP contribution in [-0.2, 0) is 9.53 Å². The molecule has 0 spiro atoms. The monoisotopic (exact) mass is 344 g/mol. The first-order chi connectivity index (χ1) is 11.7. The van der Waals surface area contributed by atoms with E-state index in [1.165, 1.54) is 6.07 Å². The van der Waals surface area contributed by atoms with Crippen molar-refractivity contribution in [3.05, 3.63) is 51.9 Å². The van der Waals surface area contributed by atoms with E-state index in [0.717, 1.165) is 0 Å². The van der Waals surface area contributed by atoms with E-state index < -0.39 is 29.4 Å². The molecule has 1 aliphatic rings. The van der Waals surface area contributed by atoms with Gasteiger partial charge in [0.1, 0.15) is 23.0 Å². The minimum atomic E-state index is -1.10. The van der Waals surface area contributed by atoms with Crippen LogP contribution in [0.1, 0.15) is 39.4 Å². The molecule has 0 bridgehead atoms. The molecule has 6 nitrogen and oxygen atoms in total. The Hall–Kier alpha value is -2.60. The molecule has 2 heterocycles. The van der Waals surface area contributed by atoms with E-state index in [9.17, 15) is 14.7 Å². The van der Waals surface area contributed by atoms with E-state index in [0.29, 0.717) is 22.3 Å². The van der Waals surface area contributed by atoms with Crippen LogP contribution in [0.4, 0.5) is 0 Å². The van der Waals surface area contributed by atoms with Crippen LogP contribution in [0, 0.1) is 0 Å². The topological polar surface area (TPSA) is 86.0 Å². The fraction of sp³-hybridized carbons (Fsp3) is 0.368. The van der Waals surface area contributed by atoms with Crippen LogP contribution >= 0.6 is 0 Å². The third-order valence-electron chi connectivity index (χ3n) is 4.42. The molecule has 2 unspecified atom stereocenters. The maximum absolute atomic E-state index is 12.1. The highest BCUT2D eigenvalue weighted by atomic mass is 16.6. The van der Waals surface area contributed by atoms with Crippen LogP contribution in [-0.4, -0.2) is 22.8 Å². The molecule has 0 radical (unpaired) electrons. The lowest BCUT2D eigenvalue weighted by molar-refractivity contribution is -0.165. The Morgan fingerprint density at radius 2 is 1.96 bits per heavy atom. The third kappa shape index (κ3) is 2.93. The molecule has 0 saturated carbocycles. The third-order valence-corrected chi connectivity index (χ3v) is 4.42. The summed E-state index contributed by atoms with van der Waals surface area (Å²) < 4.78 is 16.6. The zero-order valence-electron chi connectivity index (χ0n) is 14.5. The normalized spacial score (nSPS) is 20.3. The number of rotatable bonds is 3. The number of hydrogen-bond donors (Lipinski definition) is 1. The highest BCUT2D eigenvalue weighted by Gasteiger charge is 2.47. The molecule has 0 amide bonds. The summed E-state index contributed by atoms with van der Waals surface area (Å²) >= 11 is 0. The van der Waals surface area contributed by atoms with E-state index in [2.05, 4.69) is 0 Å². The quantitative estimate of drug-likeness (QED) is 0.523. The van der Waals surface area contributed by atoms with Crippen molar-refractivity contribution >= 4 is 16.9 Å². The predicted molar refractivity (Wildman–Crippen MR) is 91.5 cm³/mol. The molecule has 1 aliphatic heterocycles. The van der Waals surface area contributed by atoms with Gasteiger partial charge in [-0.15, -0.1) is 0 Å². The molecule has 0 aliphatic carbocycles. The van der Waals surface area contributed by atoms with Gasteiger partial charge < -0.3 is 19.0 Å². The van der Waals surface area contributed by atoms with E-state index >= 15 is 0 Å². The highest BCUT2D eigenvalue weighted by Crippen LogP contribution is 2.45. The number of fused-ring (bicyclic) bond motifs is 3. The molecule has 2 aromatic rings. The molecule has 1 aromatic carbocycles. The van der Waals surface area contributed by atoms with Crippen molar-refractivity contribution in [1.82, 2.24) is 0 Å². The minimum Gasteiger partial charge on any atom is -0.483 e. The van der Waals surface area contributed by atoms with Gasteiger partial charge in [0.25, 0.3) is 0 Å². The summed E-state index contributed by atoms with van der Waals surface area (Å²) in [4.78, 5) is 23.7. The number of carbonyl (C=O) groups is 1. The average Bonchev–Trinajstić information content (AvgIpc) is 2.91. The van der Waals surface area contributed by atoms with Gasteiger partial charge in [0.05, 0.1) is 5.56 Å². The molecule has 2 atom stereocenters. The first-order valence-corrected chi connectivity index (χ1v) is 8.02. The molecule has 3 rings (SSSR count). The molecule has 6 heteroatoms. The van der Waals surface area contributed by atoms with Crippen molar-refractivity contribution in [3.63, 3.8) is 0 Å². The lowest BCUT2D eigenvalue weighted by Crippen LogP contribution is -2.45. The van der Waals surface area contributed by atoms with Crippen molar-refractivity contribution in [1.29, 1.82) is 0 Å². The summed E-state index contributed by atoms with van der Waals surface area (Å²) in [5, 5.41) is 11.5. The number of hydrogen-bond acceptors (Lipinski definition) is 6. The first kappa shape index (κ1) is 17.2. The van der Waals surface area contributed by atoms with Crippen molar-refractivity contribution in [2.75, 3.05) is 0 Å². The Balaban J connectivity index is 1.98. The van der Waals surface area contributed by atoms with Gasteiger partial charge in [-0.2, -0.15) is 0 Å². The smallest absolute Gasteiger partial charge is 0.336 e. The molecule has 1 aromatic heterocycles. The van der Waals surface area contributed by atoms with Crippen LogP contribution in [0.3, 0.4) is 0 Å². The Labute approximate surface area is 144 Å². The second-order valence-electron chi connectivity index (χ2n) is 6.60. The number of aliphatic hydroxyl groups is 1. The second kappa shape index (κ2) is 6.04. The number of allylic oxidation sites excluding steroid dienone is 1.